The predicted octanol–water partition coefficient (Wildman–Crippen LogP) is 2.37. The summed E-state index contributed by atoms with van der Waals surface area (Å²) in [5, 5.41) is 11.3. The first-order valence-corrected chi connectivity index (χ1v) is 10.3. The summed E-state index contributed by atoms with van der Waals surface area (Å²) in [6, 6.07) is -1.29. The Kier molecular flexibility index (Phi) is 17.4. The van der Waals surface area contributed by atoms with Crippen LogP contribution >= 0.6 is 0 Å². The average Bonchev–Trinajstić information content (AvgIpc) is 2.48. The molecule has 1 unspecified atom stereocenters. The van der Waals surface area contributed by atoms with Crippen LogP contribution in [0.5, 0.6) is 0 Å². The van der Waals surface area contributed by atoms with E-state index in [-0.39, 0.29) is 42.4 Å². The van der Waals surface area contributed by atoms with Crippen LogP contribution in [0.25, 0.3) is 0 Å². The van der Waals surface area contributed by atoms with Crippen molar-refractivity contribution in [1.29, 1.82) is 0 Å². The monoisotopic (exact) mass is 388 g/mol. The largest absolute Gasteiger partial charge is 0.480 e. The zero-order chi connectivity index (χ0) is 18.4. The number of carbonyl (C=O) groups excluding carboxylic acids is 1. The van der Waals surface area contributed by atoms with Gasteiger partial charge in [-0.25, -0.2) is 4.79 Å². The van der Waals surface area contributed by atoms with Gasteiger partial charge in [0.25, 0.3) is 10.1 Å². The van der Waals surface area contributed by atoms with Gasteiger partial charge in [0.2, 0.25) is 5.91 Å². The van der Waals surface area contributed by atoms with Gasteiger partial charge < -0.3 is 10.4 Å². The van der Waals surface area contributed by atoms with Gasteiger partial charge in [-0.3, -0.25) is 9.35 Å². The fourth-order valence-electron chi connectivity index (χ4n) is 2.39. The third-order valence-corrected chi connectivity index (χ3v) is 4.56. The Balaban J connectivity index is 0. The van der Waals surface area contributed by atoms with Gasteiger partial charge in [-0.1, -0.05) is 58.3 Å². The van der Waals surface area contributed by atoms with Crippen LogP contribution < -0.4 is 5.32 Å². The Morgan fingerprint density at radius 2 is 1.44 bits per heavy atom. The molecular weight excluding hydrogens is 357 g/mol. The molecule has 0 aromatic carbocycles. The number of hydrogen-bond donors (Lipinski definition) is 3. The van der Waals surface area contributed by atoms with E-state index >= 15 is 0 Å². The van der Waals surface area contributed by atoms with Crippen LogP contribution in [0, 0.1) is 0 Å². The third-order valence-electron chi connectivity index (χ3n) is 3.81. The van der Waals surface area contributed by atoms with Gasteiger partial charge in [-0.05, 0) is 12.8 Å². The summed E-state index contributed by atoms with van der Waals surface area (Å²) in [6.45, 7) is 2.18. The number of hydrogen-bond acceptors (Lipinski definition) is 4. The quantitative estimate of drug-likeness (QED) is 0.225. The van der Waals surface area contributed by atoms with Gasteiger partial charge in [0, 0.05) is 36.0 Å². The summed E-state index contributed by atoms with van der Waals surface area (Å²) in [7, 11) is -4.24. The number of amides is 1. The number of carboxylic acid groups (broad SMARTS) is 1. The van der Waals surface area contributed by atoms with E-state index in [0.717, 1.165) is 19.3 Å². The molecule has 1 radical (unpaired) electrons. The first kappa shape index (κ1) is 27.1. The predicted molar refractivity (Wildman–Crippen MR) is 98.2 cm³/mol. The van der Waals surface area contributed by atoms with Crippen molar-refractivity contribution in [2.45, 2.75) is 83.6 Å². The molecule has 7 nitrogen and oxygen atoms in total. The molecule has 0 aliphatic carbocycles. The fourth-order valence-corrected chi connectivity index (χ4v) is 2.92. The average molecular weight is 388 g/mol. The normalized spacial score (nSPS) is 12.2. The second kappa shape index (κ2) is 16.1. The fraction of sp³-hybridized carbons (Fsp3) is 0.875. The number of carbonyl (C=O) groups is 2. The Hall–Kier alpha value is -0.150. The van der Waals surface area contributed by atoms with Crippen LogP contribution in [0.1, 0.15) is 77.6 Å². The maximum absolute atomic E-state index is 11.7. The van der Waals surface area contributed by atoms with Crippen molar-refractivity contribution in [1.82, 2.24) is 5.32 Å². The van der Waals surface area contributed by atoms with Crippen LogP contribution in [0.2, 0.25) is 0 Å². The number of carboxylic acids is 1. The molecule has 0 aromatic rings. The zero-order valence-corrected chi connectivity index (χ0v) is 18.3. The van der Waals surface area contributed by atoms with Gasteiger partial charge in [0.1, 0.15) is 6.04 Å². The van der Waals surface area contributed by atoms with E-state index in [1.54, 1.807) is 0 Å². The van der Waals surface area contributed by atoms with Gasteiger partial charge in [0.05, 0.1) is 5.75 Å². The maximum Gasteiger partial charge on any atom is 0.326 e. The van der Waals surface area contributed by atoms with Gasteiger partial charge in [-0.2, -0.15) is 8.42 Å². The SMILES string of the molecule is CCCCCCCCCCCC(=O)NC(CCS(=O)(=O)O)C(=O)O.[Na]. The van der Waals surface area contributed by atoms with Crippen LogP contribution in [0.3, 0.4) is 0 Å². The van der Waals surface area contributed by atoms with E-state index < -0.39 is 33.8 Å². The van der Waals surface area contributed by atoms with Crippen molar-refractivity contribution in [2.24, 2.45) is 0 Å². The van der Waals surface area contributed by atoms with Crippen LogP contribution in [0.15, 0.2) is 0 Å². The Morgan fingerprint density at radius 1 is 0.960 bits per heavy atom. The molecule has 0 rings (SSSR count). The van der Waals surface area contributed by atoms with Crippen molar-refractivity contribution in [2.75, 3.05) is 5.75 Å². The van der Waals surface area contributed by atoms with E-state index in [1.807, 2.05) is 0 Å². The van der Waals surface area contributed by atoms with Gasteiger partial charge >= 0.3 is 5.97 Å². The summed E-state index contributed by atoms with van der Waals surface area (Å²) in [5.74, 6) is -2.40. The molecule has 1 atom stereocenters. The molecule has 0 fully saturated rings. The molecule has 0 aromatic heterocycles. The number of rotatable bonds is 15. The zero-order valence-electron chi connectivity index (χ0n) is 15.5. The number of unbranched alkanes of at least 4 members (excludes halogenated alkanes) is 8. The topological polar surface area (TPSA) is 121 Å². The molecule has 0 aliphatic heterocycles. The van der Waals surface area contributed by atoms with E-state index in [9.17, 15) is 18.0 Å². The summed E-state index contributed by atoms with van der Waals surface area (Å²) < 4.78 is 29.9. The molecule has 25 heavy (non-hydrogen) atoms. The van der Waals surface area contributed by atoms with E-state index in [2.05, 4.69) is 12.2 Å². The summed E-state index contributed by atoms with van der Waals surface area (Å²) in [5.41, 5.74) is 0. The molecule has 0 saturated heterocycles. The minimum absolute atomic E-state index is 0. The van der Waals surface area contributed by atoms with Crippen molar-refractivity contribution in [3.05, 3.63) is 0 Å². The second-order valence-electron chi connectivity index (χ2n) is 6.11. The van der Waals surface area contributed by atoms with Crippen LogP contribution in [-0.4, -0.2) is 71.3 Å². The van der Waals surface area contributed by atoms with Crippen molar-refractivity contribution >= 4 is 51.6 Å². The molecule has 3 N–H and O–H groups in total. The van der Waals surface area contributed by atoms with E-state index in [0.29, 0.717) is 6.42 Å². The Morgan fingerprint density at radius 3 is 1.88 bits per heavy atom. The third kappa shape index (κ3) is 18.4. The summed E-state index contributed by atoms with van der Waals surface area (Å²) in [6.07, 6.45) is 9.95. The molecule has 0 aliphatic rings. The first-order chi connectivity index (χ1) is 11.3. The first-order valence-electron chi connectivity index (χ1n) is 8.73. The minimum Gasteiger partial charge on any atom is -0.480 e. The number of nitrogens with one attached hydrogen (secondary N) is 1. The summed E-state index contributed by atoms with van der Waals surface area (Å²) in [4.78, 5) is 22.7. The van der Waals surface area contributed by atoms with Gasteiger partial charge in [0.15, 0.2) is 0 Å². The molecule has 0 saturated carbocycles. The number of aliphatic carboxylic acids is 1. The second-order valence-corrected chi connectivity index (χ2v) is 7.68. The standard InChI is InChI=1S/C16H31NO6S.Na/c1-2-3-4-5-6-7-8-9-10-11-15(18)17-14(16(19)20)12-13-24(21,22)23;/h14H,2-13H2,1H3,(H,17,18)(H,19,20)(H,21,22,23);. The molecule has 9 heteroatoms. The molecule has 0 bridgehead atoms. The van der Waals surface area contributed by atoms with Gasteiger partial charge in [-0.15, -0.1) is 0 Å². The Labute approximate surface area is 173 Å². The molecule has 143 valence electrons. The van der Waals surface area contributed by atoms with Crippen molar-refractivity contribution < 1.29 is 27.7 Å². The Bertz CT molecular complexity index is 469. The molecule has 1 amide bonds. The molecule has 0 spiro atoms. The van der Waals surface area contributed by atoms with E-state index in [4.69, 9.17) is 9.66 Å². The van der Waals surface area contributed by atoms with Crippen LogP contribution in [0.4, 0.5) is 0 Å². The minimum atomic E-state index is -4.24. The van der Waals surface area contributed by atoms with Crippen LogP contribution in [-0.2, 0) is 19.7 Å². The smallest absolute Gasteiger partial charge is 0.326 e. The van der Waals surface area contributed by atoms with Crippen molar-refractivity contribution in [3.8, 4) is 0 Å². The van der Waals surface area contributed by atoms with E-state index in [1.165, 1.54) is 32.1 Å². The maximum atomic E-state index is 11.7. The summed E-state index contributed by atoms with van der Waals surface area (Å²) >= 11 is 0. The molecular formula is C16H31NNaO6S. The van der Waals surface area contributed by atoms with Crippen molar-refractivity contribution in [3.63, 3.8) is 0 Å². The molecule has 0 heterocycles.